The Morgan fingerprint density at radius 3 is 0.771 bits per heavy atom. The molecule has 0 rings (SSSR count). The highest BCUT2D eigenvalue weighted by atomic mass is 16.7. The average molecular weight is 497 g/mol. The van der Waals surface area contributed by atoms with Gasteiger partial charge in [0.2, 0.25) is 0 Å². The van der Waals surface area contributed by atoms with E-state index in [1.807, 2.05) is 0 Å². The molecule has 0 aromatic rings. The summed E-state index contributed by atoms with van der Waals surface area (Å²) in [4.78, 5) is 23.7. The Kier molecular flexibility index (Phi) is 28.6. The van der Waals surface area contributed by atoms with Gasteiger partial charge in [-0.25, -0.2) is 0 Å². The smallest absolute Gasteiger partial charge is 0.313 e. The van der Waals surface area contributed by atoms with Crippen molar-refractivity contribution in [1.82, 2.24) is 0 Å². The van der Waals surface area contributed by atoms with Crippen LogP contribution in [0.3, 0.4) is 0 Å². The SMILES string of the molecule is CCCCCCCCCCCCCCC[13C](=O)O[13C](=O)CCCCCCCCCCCCCCC. The standard InChI is InChI=1S/C32H62O3/c1-3-5-7-9-11-13-15-17-19-21-23-25-27-29-31(33)35-32(34)30-28-26-24-22-20-18-16-14-12-10-8-6-4-2/h3-30H2,1-2H3/i31+1,32+1. The minimum atomic E-state index is -0.326. The second-order valence-corrected chi connectivity index (χ2v) is 10.8. The molecule has 0 fully saturated rings. The molecule has 0 aromatic carbocycles. The second-order valence-electron chi connectivity index (χ2n) is 10.8. The van der Waals surface area contributed by atoms with Crippen molar-refractivity contribution in [3.8, 4) is 0 Å². The van der Waals surface area contributed by atoms with Gasteiger partial charge in [-0.1, -0.05) is 168 Å². The fourth-order valence-corrected chi connectivity index (χ4v) is 4.80. The van der Waals surface area contributed by atoms with E-state index >= 15 is 0 Å². The zero-order valence-electron chi connectivity index (χ0n) is 24.0. The van der Waals surface area contributed by atoms with Crippen LogP contribution in [0, 0.1) is 0 Å². The molecular weight excluding hydrogens is 434 g/mol. The summed E-state index contributed by atoms with van der Waals surface area (Å²) >= 11 is 0. The molecule has 208 valence electrons. The van der Waals surface area contributed by atoms with Crippen molar-refractivity contribution >= 4 is 11.9 Å². The Morgan fingerprint density at radius 1 is 0.343 bits per heavy atom. The minimum Gasteiger partial charge on any atom is -0.393 e. The van der Waals surface area contributed by atoms with E-state index in [0.717, 1.165) is 25.7 Å². The Bertz CT molecular complexity index is 406. The third-order valence-electron chi connectivity index (χ3n) is 7.20. The Morgan fingerprint density at radius 2 is 0.543 bits per heavy atom. The lowest BCUT2D eigenvalue weighted by molar-refractivity contribution is -0.159. The third-order valence-corrected chi connectivity index (χ3v) is 7.20. The first-order valence-electron chi connectivity index (χ1n) is 15.9. The molecule has 3 nitrogen and oxygen atoms in total. The molecule has 0 aliphatic rings. The lowest BCUT2D eigenvalue weighted by Crippen LogP contribution is -2.11. The average Bonchev–Trinajstić information content (AvgIpc) is 2.85. The van der Waals surface area contributed by atoms with Crippen LogP contribution in [0.15, 0.2) is 0 Å². The monoisotopic (exact) mass is 496 g/mol. The lowest BCUT2D eigenvalue weighted by atomic mass is 10.0. The first-order chi connectivity index (χ1) is 17.2. The summed E-state index contributed by atoms with van der Waals surface area (Å²) in [7, 11) is 0. The highest BCUT2D eigenvalue weighted by Gasteiger charge is 2.09. The summed E-state index contributed by atoms with van der Waals surface area (Å²) in [5.74, 6) is -0.652. The van der Waals surface area contributed by atoms with Crippen LogP contribution in [0.4, 0.5) is 0 Å². The van der Waals surface area contributed by atoms with Crippen LogP contribution >= 0.6 is 0 Å². The zero-order chi connectivity index (χ0) is 25.7. The molecule has 0 amide bonds. The molecule has 0 spiro atoms. The second kappa shape index (κ2) is 29.4. The molecule has 0 heterocycles. The minimum absolute atomic E-state index is 0.326. The van der Waals surface area contributed by atoms with Crippen molar-refractivity contribution in [3.05, 3.63) is 0 Å². The van der Waals surface area contributed by atoms with Crippen molar-refractivity contribution in [2.75, 3.05) is 0 Å². The predicted octanol–water partition coefficient (Wildman–Crippen LogP) is 11.0. The highest BCUT2D eigenvalue weighted by molar-refractivity contribution is 5.85. The van der Waals surface area contributed by atoms with Gasteiger partial charge in [0, 0.05) is 12.8 Å². The Balaban J connectivity index is 3.29. The summed E-state index contributed by atoms with van der Waals surface area (Å²) in [5.41, 5.74) is 0. The van der Waals surface area contributed by atoms with Gasteiger partial charge in [-0.15, -0.1) is 0 Å². The number of ether oxygens (including phenoxy) is 1. The molecule has 0 aliphatic heterocycles. The maximum atomic E-state index is 11.8. The van der Waals surface area contributed by atoms with E-state index in [9.17, 15) is 9.59 Å². The topological polar surface area (TPSA) is 43.4 Å². The number of esters is 2. The Labute approximate surface area is 219 Å². The zero-order valence-corrected chi connectivity index (χ0v) is 24.0. The molecule has 3 heteroatoms. The van der Waals surface area contributed by atoms with Crippen LogP contribution in [-0.2, 0) is 14.3 Å². The first kappa shape index (κ1) is 34.1. The molecule has 0 saturated heterocycles. The molecule has 0 N–H and O–H groups in total. The van der Waals surface area contributed by atoms with Gasteiger partial charge in [0.1, 0.15) is 0 Å². The van der Waals surface area contributed by atoms with E-state index in [4.69, 9.17) is 4.74 Å². The van der Waals surface area contributed by atoms with Crippen molar-refractivity contribution < 1.29 is 14.3 Å². The van der Waals surface area contributed by atoms with E-state index < -0.39 is 0 Å². The predicted molar refractivity (Wildman–Crippen MR) is 152 cm³/mol. The van der Waals surface area contributed by atoms with Crippen LogP contribution < -0.4 is 0 Å². The normalized spacial score (nSPS) is 11.1. The molecule has 0 saturated carbocycles. The number of carbonyl (C=O) groups excluding carboxylic acids is 2. The largest absolute Gasteiger partial charge is 0.393 e. The molecule has 0 bridgehead atoms. The fraction of sp³-hybridized carbons (Fsp3) is 0.938. The summed E-state index contributed by atoms with van der Waals surface area (Å²) in [6.45, 7) is 4.54. The lowest BCUT2D eigenvalue weighted by Gasteiger charge is -2.05. The van der Waals surface area contributed by atoms with Crippen molar-refractivity contribution in [1.29, 1.82) is 0 Å². The first-order valence-corrected chi connectivity index (χ1v) is 15.9. The maximum Gasteiger partial charge on any atom is 0.313 e. The quantitative estimate of drug-likeness (QED) is 0.0468. The van der Waals surface area contributed by atoms with Gasteiger partial charge in [-0.3, -0.25) is 9.59 Å². The molecule has 0 radical (unpaired) electrons. The number of hydrogen-bond donors (Lipinski definition) is 0. The van der Waals surface area contributed by atoms with Crippen LogP contribution in [0.2, 0.25) is 0 Å². The molecule has 0 atom stereocenters. The van der Waals surface area contributed by atoms with Crippen molar-refractivity contribution in [3.63, 3.8) is 0 Å². The van der Waals surface area contributed by atoms with E-state index in [2.05, 4.69) is 13.8 Å². The fourth-order valence-electron chi connectivity index (χ4n) is 4.80. The van der Waals surface area contributed by atoms with Gasteiger partial charge in [-0.05, 0) is 12.8 Å². The van der Waals surface area contributed by atoms with Gasteiger partial charge < -0.3 is 4.74 Å². The van der Waals surface area contributed by atoms with Crippen LogP contribution in [0.1, 0.15) is 194 Å². The third kappa shape index (κ3) is 29.3. The Hall–Kier alpha value is -0.860. The van der Waals surface area contributed by atoms with Gasteiger partial charge in [0.25, 0.3) is 0 Å². The summed E-state index contributed by atoms with van der Waals surface area (Å²) in [6.07, 6.45) is 34.3. The van der Waals surface area contributed by atoms with Crippen LogP contribution in [-0.4, -0.2) is 11.9 Å². The molecule has 0 aliphatic carbocycles. The van der Waals surface area contributed by atoms with E-state index in [1.54, 1.807) is 0 Å². The molecule has 0 unspecified atom stereocenters. The van der Waals surface area contributed by atoms with Gasteiger partial charge in [0.15, 0.2) is 0 Å². The van der Waals surface area contributed by atoms with E-state index in [-0.39, 0.29) is 11.9 Å². The van der Waals surface area contributed by atoms with E-state index in [0.29, 0.717) is 12.8 Å². The number of carbonyl (C=O) groups is 2. The number of hydrogen-bond acceptors (Lipinski definition) is 3. The maximum absolute atomic E-state index is 11.8. The highest BCUT2D eigenvalue weighted by Crippen LogP contribution is 2.15. The summed E-state index contributed by atoms with van der Waals surface area (Å²) < 4.78 is 4.99. The van der Waals surface area contributed by atoms with Crippen LogP contribution in [0.5, 0.6) is 0 Å². The van der Waals surface area contributed by atoms with Gasteiger partial charge >= 0.3 is 11.9 Å². The van der Waals surface area contributed by atoms with Crippen molar-refractivity contribution in [2.24, 2.45) is 0 Å². The number of unbranched alkanes of at least 4 members (excludes halogenated alkanes) is 24. The van der Waals surface area contributed by atoms with Gasteiger partial charge in [-0.2, -0.15) is 0 Å². The summed E-state index contributed by atoms with van der Waals surface area (Å²) in [5, 5.41) is 0. The molecular formula is C32H62O3. The number of rotatable bonds is 28. The van der Waals surface area contributed by atoms with Crippen molar-refractivity contribution in [2.45, 2.75) is 194 Å². The van der Waals surface area contributed by atoms with E-state index in [1.165, 1.54) is 141 Å². The molecule has 35 heavy (non-hydrogen) atoms. The molecule has 0 aromatic heterocycles. The van der Waals surface area contributed by atoms with Gasteiger partial charge in [0.05, 0.1) is 0 Å². The summed E-state index contributed by atoms with van der Waals surface area (Å²) in [6, 6.07) is 0. The van der Waals surface area contributed by atoms with Crippen LogP contribution in [0.25, 0.3) is 0 Å².